The highest BCUT2D eigenvalue weighted by molar-refractivity contribution is 5.09. The van der Waals surface area contributed by atoms with Gasteiger partial charge in [0.05, 0.1) is 0 Å². The van der Waals surface area contributed by atoms with Crippen LogP contribution in [0.4, 0.5) is 0 Å². The van der Waals surface area contributed by atoms with Crippen LogP contribution in [0.3, 0.4) is 0 Å². The molecular formula is C13H18. The van der Waals surface area contributed by atoms with Crippen LogP contribution < -0.4 is 0 Å². The fourth-order valence-corrected chi connectivity index (χ4v) is 0.977. The van der Waals surface area contributed by atoms with Gasteiger partial charge < -0.3 is 0 Å². The number of hydrogen-bond donors (Lipinski definition) is 0. The Labute approximate surface area is 81.7 Å². The van der Waals surface area contributed by atoms with Gasteiger partial charge in [0.1, 0.15) is 0 Å². The van der Waals surface area contributed by atoms with E-state index in [4.69, 9.17) is 0 Å². The molecule has 0 aromatic heterocycles. The van der Waals surface area contributed by atoms with Crippen molar-refractivity contribution in [1.29, 1.82) is 0 Å². The zero-order valence-corrected chi connectivity index (χ0v) is 8.15. The van der Waals surface area contributed by atoms with Gasteiger partial charge in [0.25, 0.3) is 0 Å². The number of rotatable bonds is 7. The van der Waals surface area contributed by atoms with Crippen LogP contribution >= 0.6 is 0 Å². The Kier molecular flexibility index (Phi) is 7.91. The molecule has 0 rings (SSSR count). The third-order valence-corrected chi connectivity index (χ3v) is 1.74. The molecule has 0 saturated carbocycles. The van der Waals surface area contributed by atoms with Gasteiger partial charge in [0.15, 0.2) is 0 Å². The summed E-state index contributed by atoms with van der Waals surface area (Å²) in [7, 11) is 0. The van der Waals surface area contributed by atoms with E-state index in [-0.39, 0.29) is 0 Å². The van der Waals surface area contributed by atoms with E-state index in [2.05, 4.69) is 25.8 Å². The smallest absolute Gasteiger partial charge is 0.0167 e. The molecular weight excluding hydrogens is 156 g/mol. The van der Waals surface area contributed by atoms with E-state index in [0.717, 1.165) is 12.8 Å². The Morgan fingerprint density at radius 1 is 0.923 bits per heavy atom. The average Bonchev–Trinajstić information content (AvgIpc) is 2.16. The van der Waals surface area contributed by atoms with Crippen molar-refractivity contribution >= 4 is 0 Å². The van der Waals surface area contributed by atoms with E-state index in [0.29, 0.717) is 5.92 Å². The Balaban J connectivity index is 3.75. The molecule has 0 aliphatic rings. The highest BCUT2D eigenvalue weighted by Gasteiger charge is 1.96. The molecule has 0 aliphatic heterocycles. The predicted octanol–water partition coefficient (Wildman–Crippen LogP) is 4.05. The highest BCUT2D eigenvalue weighted by Crippen LogP contribution is 2.10. The molecule has 1 atom stereocenters. The molecule has 0 radical (unpaired) electrons. The first-order chi connectivity index (χ1) is 6.35. The molecule has 70 valence electrons. The lowest BCUT2D eigenvalue weighted by Gasteiger charge is -2.04. The lowest BCUT2D eigenvalue weighted by Crippen LogP contribution is -1.90. The fraction of sp³-hybridized carbons (Fsp3) is 0.231. The van der Waals surface area contributed by atoms with Gasteiger partial charge in [-0.1, -0.05) is 49.1 Å². The molecule has 0 saturated heterocycles. The number of allylic oxidation sites excluding steroid dienone is 7. The second kappa shape index (κ2) is 8.79. The Hall–Kier alpha value is -1.30. The maximum absolute atomic E-state index is 3.78. The van der Waals surface area contributed by atoms with Gasteiger partial charge in [-0.25, -0.2) is 0 Å². The fourth-order valence-electron chi connectivity index (χ4n) is 0.977. The summed E-state index contributed by atoms with van der Waals surface area (Å²) in [5.74, 6) is 0.519. The Morgan fingerprint density at radius 3 is 2.23 bits per heavy atom. The molecule has 0 nitrogen and oxygen atoms in total. The second-order valence-electron chi connectivity index (χ2n) is 2.80. The van der Waals surface area contributed by atoms with Crippen LogP contribution in [0, 0.1) is 5.92 Å². The minimum Gasteiger partial charge on any atom is -0.103 e. The van der Waals surface area contributed by atoms with Gasteiger partial charge in [-0.2, -0.15) is 0 Å². The Bertz CT molecular complexity index is 206. The topological polar surface area (TPSA) is 0 Å². The van der Waals surface area contributed by atoms with Crippen molar-refractivity contribution in [3.63, 3.8) is 0 Å². The van der Waals surface area contributed by atoms with Gasteiger partial charge in [-0.15, -0.1) is 13.2 Å². The van der Waals surface area contributed by atoms with Crippen molar-refractivity contribution in [2.24, 2.45) is 5.92 Å². The standard InChI is InChI=1S/C13H18/c1-4-7-8-9-10-12-13(6-3)11-5-2/h4-10,13H,1-3,11-12H2. The summed E-state index contributed by atoms with van der Waals surface area (Å²) >= 11 is 0. The van der Waals surface area contributed by atoms with E-state index in [1.54, 1.807) is 6.08 Å². The Morgan fingerprint density at radius 2 is 1.69 bits per heavy atom. The van der Waals surface area contributed by atoms with Gasteiger partial charge in [0, 0.05) is 0 Å². The van der Waals surface area contributed by atoms with Gasteiger partial charge in [-0.3, -0.25) is 0 Å². The van der Waals surface area contributed by atoms with Gasteiger partial charge >= 0.3 is 0 Å². The first-order valence-corrected chi connectivity index (χ1v) is 4.52. The minimum atomic E-state index is 0.519. The van der Waals surface area contributed by atoms with Crippen LogP contribution in [0.25, 0.3) is 0 Å². The van der Waals surface area contributed by atoms with Crippen molar-refractivity contribution < 1.29 is 0 Å². The van der Waals surface area contributed by atoms with E-state index in [1.807, 2.05) is 30.4 Å². The molecule has 0 aromatic carbocycles. The molecule has 0 heteroatoms. The maximum atomic E-state index is 3.78. The average molecular weight is 174 g/mol. The molecule has 0 N–H and O–H groups in total. The zero-order chi connectivity index (χ0) is 9.94. The summed E-state index contributed by atoms with van der Waals surface area (Å²) in [6.45, 7) is 11.1. The molecule has 0 heterocycles. The summed E-state index contributed by atoms with van der Waals surface area (Å²) < 4.78 is 0. The maximum Gasteiger partial charge on any atom is -0.0167 e. The van der Waals surface area contributed by atoms with Crippen LogP contribution in [-0.4, -0.2) is 0 Å². The molecule has 0 aromatic rings. The van der Waals surface area contributed by atoms with Crippen molar-refractivity contribution in [2.45, 2.75) is 12.8 Å². The third kappa shape index (κ3) is 7.07. The van der Waals surface area contributed by atoms with Crippen molar-refractivity contribution in [1.82, 2.24) is 0 Å². The van der Waals surface area contributed by atoms with Crippen LogP contribution in [-0.2, 0) is 0 Å². The number of hydrogen-bond acceptors (Lipinski definition) is 0. The molecule has 0 amide bonds. The van der Waals surface area contributed by atoms with E-state index >= 15 is 0 Å². The third-order valence-electron chi connectivity index (χ3n) is 1.74. The molecule has 0 bridgehead atoms. The molecule has 0 aliphatic carbocycles. The lowest BCUT2D eigenvalue weighted by atomic mass is 10.0. The summed E-state index contributed by atoms with van der Waals surface area (Å²) in [6.07, 6.45) is 15.7. The summed E-state index contributed by atoms with van der Waals surface area (Å²) in [6, 6.07) is 0. The van der Waals surface area contributed by atoms with E-state index in [1.165, 1.54) is 0 Å². The van der Waals surface area contributed by atoms with Crippen molar-refractivity contribution in [3.8, 4) is 0 Å². The van der Waals surface area contributed by atoms with Gasteiger partial charge in [-0.05, 0) is 18.8 Å². The molecule has 1 unspecified atom stereocenters. The minimum absolute atomic E-state index is 0.519. The highest BCUT2D eigenvalue weighted by atomic mass is 14.0. The summed E-state index contributed by atoms with van der Waals surface area (Å²) in [4.78, 5) is 0. The first kappa shape index (κ1) is 11.7. The van der Waals surface area contributed by atoms with E-state index in [9.17, 15) is 0 Å². The quantitative estimate of drug-likeness (QED) is 0.403. The normalized spacial score (nSPS) is 13.2. The van der Waals surface area contributed by atoms with Crippen LogP contribution in [0.5, 0.6) is 0 Å². The van der Waals surface area contributed by atoms with Crippen LogP contribution in [0.15, 0.2) is 62.3 Å². The molecule has 0 fully saturated rings. The molecule has 13 heavy (non-hydrogen) atoms. The van der Waals surface area contributed by atoms with E-state index < -0.39 is 0 Å². The van der Waals surface area contributed by atoms with Crippen molar-refractivity contribution in [2.75, 3.05) is 0 Å². The first-order valence-electron chi connectivity index (χ1n) is 4.52. The largest absolute Gasteiger partial charge is 0.103 e. The van der Waals surface area contributed by atoms with Gasteiger partial charge in [0.2, 0.25) is 0 Å². The predicted molar refractivity (Wildman–Crippen MR) is 61.6 cm³/mol. The van der Waals surface area contributed by atoms with Crippen LogP contribution in [0.1, 0.15) is 12.8 Å². The van der Waals surface area contributed by atoms with Crippen LogP contribution in [0.2, 0.25) is 0 Å². The second-order valence-corrected chi connectivity index (χ2v) is 2.80. The lowest BCUT2D eigenvalue weighted by molar-refractivity contribution is 0.677. The summed E-state index contributed by atoms with van der Waals surface area (Å²) in [5.41, 5.74) is 0. The van der Waals surface area contributed by atoms with Crippen molar-refractivity contribution in [3.05, 3.63) is 62.3 Å². The summed E-state index contributed by atoms with van der Waals surface area (Å²) in [5, 5.41) is 0. The monoisotopic (exact) mass is 174 g/mol. The molecule has 0 spiro atoms. The zero-order valence-electron chi connectivity index (χ0n) is 8.15. The SMILES string of the molecule is C=CC=CC=CCC(C=C)CC=C.